The van der Waals surface area contributed by atoms with Gasteiger partial charge in [-0.25, -0.2) is 0 Å². The van der Waals surface area contributed by atoms with E-state index in [1.165, 1.54) is 11.3 Å². The second-order valence-corrected chi connectivity index (χ2v) is 8.23. The molecule has 1 N–H and O–H groups in total. The number of ether oxygens (including phenoxy) is 1. The molecular weight excluding hydrogens is 289 g/mol. The van der Waals surface area contributed by atoms with Gasteiger partial charge in [-0.3, -0.25) is 0 Å². The van der Waals surface area contributed by atoms with Crippen LogP contribution in [0.15, 0.2) is 6.07 Å². The quantitative estimate of drug-likeness (QED) is 0.867. The van der Waals surface area contributed by atoms with Crippen LogP contribution in [0.1, 0.15) is 38.9 Å². The van der Waals surface area contributed by atoms with E-state index in [1.54, 1.807) is 0 Å². The topological polar surface area (TPSA) is 21.3 Å². The van der Waals surface area contributed by atoms with Crippen LogP contribution in [0.3, 0.4) is 0 Å². The predicted octanol–water partition coefficient (Wildman–Crippen LogP) is 4.52. The molecule has 18 heavy (non-hydrogen) atoms. The molecule has 0 saturated carbocycles. The summed E-state index contributed by atoms with van der Waals surface area (Å²) in [7, 11) is 0. The fraction of sp³-hybridized carbons (Fsp3) is 0.692. The lowest BCUT2D eigenvalue weighted by atomic mass is 9.88. The van der Waals surface area contributed by atoms with Crippen LogP contribution in [0.2, 0.25) is 8.67 Å². The molecule has 0 aliphatic carbocycles. The van der Waals surface area contributed by atoms with Gasteiger partial charge in [0.1, 0.15) is 4.34 Å². The SMILES string of the molecule is CC(C)(C)CC1CNCC(c2cc(Cl)sc2Cl)O1. The van der Waals surface area contributed by atoms with E-state index in [-0.39, 0.29) is 17.6 Å². The Morgan fingerprint density at radius 2 is 2.11 bits per heavy atom. The highest BCUT2D eigenvalue weighted by molar-refractivity contribution is 7.20. The Labute approximate surface area is 123 Å². The van der Waals surface area contributed by atoms with Crippen molar-refractivity contribution < 1.29 is 4.74 Å². The van der Waals surface area contributed by atoms with Gasteiger partial charge in [-0.2, -0.15) is 0 Å². The molecule has 0 aromatic carbocycles. The Hall–Kier alpha value is 0.200. The maximum Gasteiger partial charge on any atom is 0.100 e. The lowest BCUT2D eigenvalue weighted by molar-refractivity contribution is -0.0550. The van der Waals surface area contributed by atoms with E-state index < -0.39 is 0 Å². The van der Waals surface area contributed by atoms with Crippen LogP contribution >= 0.6 is 34.5 Å². The van der Waals surface area contributed by atoms with E-state index in [2.05, 4.69) is 26.1 Å². The molecule has 5 heteroatoms. The molecule has 0 bridgehead atoms. The molecule has 1 aliphatic rings. The lowest BCUT2D eigenvalue weighted by Crippen LogP contribution is -2.42. The minimum absolute atomic E-state index is 0.0161. The number of hydrogen-bond acceptors (Lipinski definition) is 3. The number of morpholine rings is 1. The summed E-state index contributed by atoms with van der Waals surface area (Å²) in [6.45, 7) is 8.40. The molecule has 1 aromatic heterocycles. The Balaban J connectivity index is 2.05. The first-order chi connectivity index (χ1) is 8.35. The normalized spacial score (nSPS) is 25.4. The Kier molecular flexibility index (Phi) is 4.61. The van der Waals surface area contributed by atoms with Gasteiger partial charge in [-0.15, -0.1) is 11.3 Å². The average molecular weight is 308 g/mol. The zero-order valence-electron chi connectivity index (χ0n) is 10.9. The maximum absolute atomic E-state index is 6.19. The highest BCUT2D eigenvalue weighted by Crippen LogP contribution is 2.38. The molecule has 2 unspecified atom stereocenters. The van der Waals surface area contributed by atoms with Crippen molar-refractivity contribution in [3.05, 3.63) is 20.3 Å². The molecule has 2 atom stereocenters. The standard InChI is InChI=1S/C13H19Cl2NOS/c1-13(2,3)5-8-6-16-7-10(17-8)9-4-11(14)18-12(9)15/h4,8,10,16H,5-7H2,1-3H3. The summed E-state index contributed by atoms with van der Waals surface area (Å²) in [5.41, 5.74) is 1.28. The van der Waals surface area contributed by atoms with Crippen LogP contribution in [-0.4, -0.2) is 19.2 Å². The van der Waals surface area contributed by atoms with Crippen LogP contribution in [0.5, 0.6) is 0 Å². The van der Waals surface area contributed by atoms with Gasteiger partial charge in [0.15, 0.2) is 0 Å². The highest BCUT2D eigenvalue weighted by Gasteiger charge is 2.28. The van der Waals surface area contributed by atoms with Gasteiger partial charge in [-0.1, -0.05) is 44.0 Å². The third-order valence-corrected chi connectivity index (χ3v) is 4.45. The zero-order valence-corrected chi connectivity index (χ0v) is 13.3. The zero-order chi connectivity index (χ0) is 13.3. The summed E-state index contributed by atoms with van der Waals surface area (Å²) in [5, 5.41) is 3.42. The smallest absolute Gasteiger partial charge is 0.100 e. The molecule has 1 saturated heterocycles. The number of rotatable bonds is 2. The summed E-state index contributed by atoms with van der Waals surface area (Å²) < 4.78 is 7.60. The van der Waals surface area contributed by atoms with E-state index in [1.807, 2.05) is 6.07 Å². The Morgan fingerprint density at radius 1 is 1.39 bits per heavy atom. The number of nitrogens with one attached hydrogen (secondary N) is 1. The Bertz CT molecular complexity index is 414. The summed E-state index contributed by atoms with van der Waals surface area (Å²) in [5.74, 6) is 0. The van der Waals surface area contributed by atoms with Crippen molar-refractivity contribution in [2.75, 3.05) is 13.1 Å². The van der Waals surface area contributed by atoms with Gasteiger partial charge in [-0.05, 0) is 17.9 Å². The predicted molar refractivity (Wildman–Crippen MR) is 78.9 cm³/mol. The largest absolute Gasteiger partial charge is 0.368 e. The number of halogens is 2. The minimum atomic E-state index is 0.0161. The molecule has 0 radical (unpaired) electrons. The van der Waals surface area contributed by atoms with Crippen molar-refractivity contribution in [2.24, 2.45) is 5.41 Å². The molecule has 2 heterocycles. The third-order valence-electron chi connectivity index (χ3n) is 2.93. The lowest BCUT2D eigenvalue weighted by Gasteiger charge is -2.34. The van der Waals surface area contributed by atoms with Gasteiger partial charge in [0.05, 0.1) is 16.5 Å². The monoisotopic (exact) mass is 307 g/mol. The van der Waals surface area contributed by atoms with E-state index in [0.717, 1.165) is 33.7 Å². The van der Waals surface area contributed by atoms with Crippen LogP contribution in [-0.2, 0) is 4.74 Å². The minimum Gasteiger partial charge on any atom is -0.368 e. The Morgan fingerprint density at radius 3 is 2.67 bits per heavy atom. The maximum atomic E-state index is 6.19. The first kappa shape index (κ1) is 14.6. The molecule has 0 amide bonds. The average Bonchev–Trinajstić information content (AvgIpc) is 2.55. The summed E-state index contributed by atoms with van der Waals surface area (Å²) in [6, 6.07) is 1.92. The van der Waals surface area contributed by atoms with Crippen molar-refractivity contribution in [1.82, 2.24) is 5.32 Å². The fourth-order valence-electron chi connectivity index (χ4n) is 2.26. The fourth-order valence-corrected chi connectivity index (χ4v) is 3.82. The van der Waals surface area contributed by atoms with E-state index >= 15 is 0 Å². The van der Waals surface area contributed by atoms with E-state index in [4.69, 9.17) is 27.9 Å². The van der Waals surface area contributed by atoms with Crippen LogP contribution in [0.4, 0.5) is 0 Å². The molecule has 2 nitrogen and oxygen atoms in total. The van der Waals surface area contributed by atoms with Crippen molar-refractivity contribution in [3.63, 3.8) is 0 Å². The van der Waals surface area contributed by atoms with Gasteiger partial charge >= 0.3 is 0 Å². The molecule has 1 aromatic rings. The summed E-state index contributed by atoms with van der Waals surface area (Å²) in [4.78, 5) is 0. The molecule has 2 rings (SSSR count). The number of hydrogen-bond donors (Lipinski definition) is 1. The van der Waals surface area contributed by atoms with Crippen molar-refractivity contribution in [3.8, 4) is 0 Å². The molecule has 102 valence electrons. The van der Waals surface area contributed by atoms with Crippen LogP contribution in [0, 0.1) is 5.41 Å². The van der Waals surface area contributed by atoms with Crippen LogP contribution in [0.25, 0.3) is 0 Å². The molecule has 1 aliphatic heterocycles. The second kappa shape index (κ2) is 5.68. The summed E-state index contributed by atoms with van der Waals surface area (Å²) >= 11 is 13.6. The van der Waals surface area contributed by atoms with Crippen molar-refractivity contribution >= 4 is 34.5 Å². The molecule has 0 spiro atoms. The van der Waals surface area contributed by atoms with Crippen molar-refractivity contribution in [1.29, 1.82) is 0 Å². The number of thiophene rings is 1. The van der Waals surface area contributed by atoms with Gasteiger partial charge in [0.25, 0.3) is 0 Å². The van der Waals surface area contributed by atoms with Gasteiger partial charge in [0.2, 0.25) is 0 Å². The highest BCUT2D eigenvalue weighted by atomic mass is 35.5. The van der Waals surface area contributed by atoms with Gasteiger partial charge in [0, 0.05) is 18.7 Å². The first-order valence-electron chi connectivity index (χ1n) is 6.16. The van der Waals surface area contributed by atoms with Crippen LogP contribution < -0.4 is 5.32 Å². The van der Waals surface area contributed by atoms with E-state index in [0.29, 0.717) is 0 Å². The van der Waals surface area contributed by atoms with E-state index in [9.17, 15) is 0 Å². The first-order valence-corrected chi connectivity index (χ1v) is 7.73. The molecule has 1 fully saturated rings. The van der Waals surface area contributed by atoms with Gasteiger partial charge < -0.3 is 10.1 Å². The summed E-state index contributed by atoms with van der Waals surface area (Å²) in [6.07, 6.45) is 1.28. The third kappa shape index (κ3) is 3.84. The molecular formula is C13H19Cl2NOS. The second-order valence-electron chi connectivity index (χ2n) is 5.95. The van der Waals surface area contributed by atoms with Crippen molar-refractivity contribution in [2.45, 2.75) is 39.4 Å².